The predicted molar refractivity (Wildman–Crippen MR) is 144 cm³/mol. The van der Waals surface area contributed by atoms with E-state index < -0.39 is 11.7 Å². The largest absolute Gasteiger partial charge is 0.395 e. The number of pyridine rings is 1. The third kappa shape index (κ3) is 8.22. The standard InChI is InChI=1S/C27H34N6O5/c1-27(2,3)22(35)9-10-28-24(36)14-17-5-4-6-18(13-17)20-15-21(26(38)33-32-20)31-23-8-7-19(16-30-23)25(37)29-11-12-34/h4-8,13,15-16,22,34-35H,9-12,14H2,1-3H3,(H,28,36)(H,29,37)(H,33,38)(H,30,31,32). The third-order valence-electron chi connectivity index (χ3n) is 5.82. The van der Waals surface area contributed by atoms with Crippen LogP contribution in [-0.4, -0.2) is 63.0 Å². The first kappa shape index (κ1) is 28.5. The maximum atomic E-state index is 12.4. The van der Waals surface area contributed by atoms with Gasteiger partial charge < -0.3 is 26.2 Å². The van der Waals surface area contributed by atoms with Crippen LogP contribution in [0.2, 0.25) is 0 Å². The van der Waals surface area contributed by atoms with Crippen LogP contribution in [0.1, 0.15) is 43.1 Å². The summed E-state index contributed by atoms with van der Waals surface area (Å²) in [4.78, 5) is 40.9. The van der Waals surface area contributed by atoms with E-state index in [9.17, 15) is 19.5 Å². The molecule has 1 atom stereocenters. The maximum Gasteiger partial charge on any atom is 0.287 e. The Balaban J connectivity index is 1.66. The zero-order chi connectivity index (χ0) is 27.7. The highest BCUT2D eigenvalue weighted by Gasteiger charge is 2.21. The lowest BCUT2D eigenvalue weighted by Gasteiger charge is -2.25. The molecule has 0 aliphatic carbocycles. The van der Waals surface area contributed by atoms with Crippen LogP contribution in [-0.2, 0) is 11.2 Å². The zero-order valence-electron chi connectivity index (χ0n) is 21.7. The summed E-state index contributed by atoms with van der Waals surface area (Å²) >= 11 is 0. The Morgan fingerprint density at radius 1 is 1.08 bits per heavy atom. The number of hydrogen-bond donors (Lipinski definition) is 6. The van der Waals surface area contributed by atoms with Gasteiger partial charge in [-0.25, -0.2) is 10.1 Å². The number of carbonyl (C=O) groups excluding carboxylic acids is 2. The molecule has 0 radical (unpaired) electrons. The summed E-state index contributed by atoms with van der Waals surface area (Å²) in [6.45, 7) is 6.21. The van der Waals surface area contributed by atoms with Crippen LogP contribution in [0.3, 0.4) is 0 Å². The van der Waals surface area contributed by atoms with E-state index in [1.807, 2.05) is 45.0 Å². The minimum atomic E-state index is -0.509. The molecule has 0 saturated carbocycles. The lowest BCUT2D eigenvalue weighted by atomic mass is 9.87. The molecule has 0 saturated heterocycles. The molecule has 0 fully saturated rings. The van der Waals surface area contributed by atoms with Gasteiger partial charge >= 0.3 is 0 Å². The van der Waals surface area contributed by atoms with Crippen LogP contribution in [0.4, 0.5) is 11.5 Å². The highest BCUT2D eigenvalue weighted by molar-refractivity contribution is 5.94. The molecule has 202 valence electrons. The van der Waals surface area contributed by atoms with E-state index in [-0.39, 0.29) is 42.5 Å². The number of benzene rings is 1. The fraction of sp³-hybridized carbons (Fsp3) is 0.370. The van der Waals surface area contributed by atoms with Crippen molar-refractivity contribution in [2.75, 3.05) is 25.0 Å². The molecule has 2 aromatic heterocycles. The van der Waals surface area contributed by atoms with E-state index in [0.29, 0.717) is 35.6 Å². The molecule has 2 heterocycles. The van der Waals surface area contributed by atoms with E-state index in [2.05, 4.69) is 31.1 Å². The van der Waals surface area contributed by atoms with E-state index in [1.54, 1.807) is 18.2 Å². The number of amides is 2. The number of carbonyl (C=O) groups is 2. The number of nitrogens with zero attached hydrogens (tertiary/aromatic N) is 2. The van der Waals surface area contributed by atoms with Crippen molar-refractivity contribution in [1.29, 1.82) is 0 Å². The molecule has 11 heteroatoms. The molecule has 38 heavy (non-hydrogen) atoms. The summed E-state index contributed by atoms with van der Waals surface area (Å²) < 4.78 is 0. The Hall–Kier alpha value is -4.09. The third-order valence-corrected chi connectivity index (χ3v) is 5.82. The summed E-state index contributed by atoms with van der Waals surface area (Å²) in [6, 6.07) is 12.0. The first-order chi connectivity index (χ1) is 18.1. The Bertz CT molecular complexity index is 1300. The SMILES string of the molecule is CC(C)(C)C(O)CCNC(=O)Cc1cccc(-c2cc(Nc3ccc(C(=O)NCCO)cn3)c(=O)[nH]n2)c1. The number of H-pyrrole nitrogens is 1. The Kier molecular flexibility index (Phi) is 9.69. The first-order valence-corrected chi connectivity index (χ1v) is 12.3. The van der Waals surface area contributed by atoms with Gasteiger partial charge in [0, 0.05) is 24.8 Å². The molecule has 1 aromatic carbocycles. The van der Waals surface area contributed by atoms with Gasteiger partial charge in [0.15, 0.2) is 0 Å². The summed E-state index contributed by atoms with van der Waals surface area (Å²) in [5.74, 6) is -0.161. The second-order valence-corrected chi connectivity index (χ2v) is 9.93. The van der Waals surface area contributed by atoms with Gasteiger partial charge in [0.05, 0.1) is 30.4 Å². The molecule has 0 aliphatic rings. The fourth-order valence-electron chi connectivity index (χ4n) is 3.53. The van der Waals surface area contributed by atoms with Gasteiger partial charge in [-0.1, -0.05) is 39.0 Å². The highest BCUT2D eigenvalue weighted by Crippen LogP contribution is 2.22. The lowest BCUT2D eigenvalue weighted by molar-refractivity contribution is -0.120. The molecule has 0 bridgehead atoms. The van der Waals surface area contributed by atoms with Gasteiger partial charge in [0.1, 0.15) is 11.5 Å². The second-order valence-electron chi connectivity index (χ2n) is 9.93. The molecule has 0 spiro atoms. The summed E-state index contributed by atoms with van der Waals surface area (Å²) in [5, 5.41) is 33.9. The first-order valence-electron chi connectivity index (χ1n) is 12.3. The maximum absolute atomic E-state index is 12.4. The molecule has 2 amide bonds. The van der Waals surface area contributed by atoms with Gasteiger partial charge in [-0.05, 0) is 41.7 Å². The topological polar surface area (TPSA) is 169 Å². The van der Waals surface area contributed by atoms with E-state index >= 15 is 0 Å². The zero-order valence-corrected chi connectivity index (χ0v) is 21.7. The average Bonchev–Trinajstić information content (AvgIpc) is 2.88. The number of aliphatic hydroxyl groups excluding tert-OH is 2. The van der Waals surface area contributed by atoms with Crippen molar-refractivity contribution in [3.05, 3.63) is 70.1 Å². The van der Waals surface area contributed by atoms with Crippen molar-refractivity contribution in [3.63, 3.8) is 0 Å². The number of anilines is 2. The van der Waals surface area contributed by atoms with Gasteiger partial charge in [0.25, 0.3) is 11.5 Å². The minimum Gasteiger partial charge on any atom is -0.395 e. The van der Waals surface area contributed by atoms with Crippen LogP contribution in [0.15, 0.2) is 53.5 Å². The predicted octanol–water partition coefficient (Wildman–Crippen LogP) is 1.75. The van der Waals surface area contributed by atoms with Crippen LogP contribution in [0, 0.1) is 5.41 Å². The van der Waals surface area contributed by atoms with Crippen molar-refractivity contribution in [2.24, 2.45) is 5.41 Å². The van der Waals surface area contributed by atoms with Gasteiger partial charge in [0.2, 0.25) is 5.91 Å². The van der Waals surface area contributed by atoms with Crippen molar-refractivity contribution in [2.45, 2.75) is 39.7 Å². The minimum absolute atomic E-state index is 0.140. The highest BCUT2D eigenvalue weighted by atomic mass is 16.3. The van der Waals surface area contributed by atoms with E-state index in [0.717, 1.165) is 5.56 Å². The van der Waals surface area contributed by atoms with Gasteiger partial charge in [-0.15, -0.1) is 0 Å². The van der Waals surface area contributed by atoms with E-state index in [4.69, 9.17) is 5.11 Å². The van der Waals surface area contributed by atoms with Crippen LogP contribution < -0.4 is 21.5 Å². The summed E-state index contributed by atoms with van der Waals surface area (Å²) in [7, 11) is 0. The number of nitrogens with one attached hydrogen (secondary N) is 4. The van der Waals surface area contributed by atoms with Crippen molar-refractivity contribution >= 4 is 23.3 Å². The smallest absolute Gasteiger partial charge is 0.287 e. The molecule has 3 aromatic rings. The molecule has 0 aliphatic heterocycles. The number of aromatic nitrogens is 3. The van der Waals surface area contributed by atoms with E-state index in [1.165, 1.54) is 6.20 Å². The summed E-state index contributed by atoms with van der Waals surface area (Å²) in [6.07, 6.45) is 1.49. The van der Waals surface area contributed by atoms with Crippen LogP contribution in [0.25, 0.3) is 11.3 Å². The van der Waals surface area contributed by atoms with Crippen LogP contribution >= 0.6 is 0 Å². The molecule has 11 nitrogen and oxygen atoms in total. The number of hydrogen-bond acceptors (Lipinski definition) is 8. The second kappa shape index (κ2) is 12.9. The lowest BCUT2D eigenvalue weighted by Crippen LogP contribution is -2.33. The molecular weight excluding hydrogens is 488 g/mol. The van der Waals surface area contributed by atoms with Crippen molar-refractivity contribution < 1.29 is 19.8 Å². The molecule has 6 N–H and O–H groups in total. The quantitative estimate of drug-likeness (QED) is 0.221. The normalized spacial score (nSPS) is 12.0. The van der Waals surface area contributed by atoms with Crippen molar-refractivity contribution in [1.82, 2.24) is 25.8 Å². The Labute approximate surface area is 220 Å². The summed E-state index contributed by atoms with van der Waals surface area (Å²) in [5.41, 5.74) is 1.81. The van der Waals surface area contributed by atoms with Gasteiger partial charge in [-0.3, -0.25) is 14.4 Å². The number of aliphatic hydroxyl groups is 2. The Morgan fingerprint density at radius 2 is 1.87 bits per heavy atom. The number of aromatic amines is 1. The monoisotopic (exact) mass is 522 g/mol. The molecule has 1 unspecified atom stereocenters. The number of rotatable bonds is 11. The van der Waals surface area contributed by atoms with Crippen LogP contribution in [0.5, 0.6) is 0 Å². The van der Waals surface area contributed by atoms with Gasteiger partial charge in [-0.2, -0.15) is 5.10 Å². The molecule has 3 rings (SSSR count). The van der Waals surface area contributed by atoms with Crippen molar-refractivity contribution in [3.8, 4) is 11.3 Å². The Morgan fingerprint density at radius 3 is 2.55 bits per heavy atom. The fourth-order valence-corrected chi connectivity index (χ4v) is 3.53. The molecular formula is C27H34N6O5. The average molecular weight is 523 g/mol.